The van der Waals surface area contributed by atoms with Gasteiger partial charge in [-0.25, -0.2) is 0 Å². The van der Waals surface area contributed by atoms with Crippen LogP contribution in [0.15, 0.2) is 41.1 Å². The number of H-pyrrole nitrogens is 1. The molecule has 0 bridgehead atoms. The van der Waals surface area contributed by atoms with E-state index in [0.717, 1.165) is 16.5 Å². The van der Waals surface area contributed by atoms with Crippen LogP contribution in [-0.2, 0) is 9.53 Å². The van der Waals surface area contributed by atoms with Crippen molar-refractivity contribution in [1.29, 1.82) is 0 Å². The molecule has 3 aromatic rings. The van der Waals surface area contributed by atoms with Crippen molar-refractivity contribution < 1.29 is 14.1 Å². The third-order valence-electron chi connectivity index (χ3n) is 4.74. The maximum absolute atomic E-state index is 12.5. The Morgan fingerprint density at radius 3 is 2.92 bits per heavy atom. The Labute approximate surface area is 139 Å². The number of aromatic nitrogens is 2. The van der Waals surface area contributed by atoms with Crippen LogP contribution in [0.3, 0.4) is 0 Å². The molecule has 3 heterocycles. The molecule has 124 valence electrons. The first-order valence-corrected chi connectivity index (χ1v) is 8.07. The van der Waals surface area contributed by atoms with Gasteiger partial charge in [-0.1, -0.05) is 24.2 Å². The van der Waals surface area contributed by atoms with Gasteiger partial charge in [-0.3, -0.25) is 10.1 Å². The Hall–Kier alpha value is -2.60. The van der Waals surface area contributed by atoms with Gasteiger partial charge in [0.05, 0.1) is 5.41 Å². The molecular weight excluding hydrogens is 306 g/mol. The molecule has 1 fully saturated rings. The first kappa shape index (κ1) is 15.0. The average Bonchev–Trinajstić information content (AvgIpc) is 3.23. The van der Waals surface area contributed by atoms with Gasteiger partial charge in [-0.2, -0.15) is 0 Å². The second kappa shape index (κ2) is 5.79. The van der Waals surface area contributed by atoms with Gasteiger partial charge in [0.25, 0.3) is 0 Å². The first-order valence-electron chi connectivity index (χ1n) is 8.07. The van der Waals surface area contributed by atoms with E-state index in [2.05, 4.69) is 15.5 Å². The second-order valence-corrected chi connectivity index (χ2v) is 6.48. The maximum Gasteiger partial charge on any atom is 0.232 e. The van der Waals surface area contributed by atoms with E-state index >= 15 is 0 Å². The molecule has 24 heavy (non-hydrogen) atoms. The molecule has 2 N–H and O–H groups in total. The summed E-state index contributed by atoms with van der Waals surface area (Å²) in [6.45, 7) is 3.19. The molecule has 4 rings (SSSR count). The molecule has 2 aromatic heterocycles. The lowest BCUT2D eigenvalue weighted by Crippen LogP contribution is -2.38. The number of nitrogens with one attached hydrogen (secondary N) is 2. The molecule has 0 spiro atoms. The second-order valence-electron chi connectivity index (χ2n) is 6.48. The minimum absolute atomic E-state index is 0.0479. The number of ether oxygens (including phenoxy) is 1. The lowest BCUT2D eigenvalue weighted by atomic mass is 9.81. The molecular formula is C18H19N3O3. The highest BCUT2D eigenvalue weighted by molar-refractivity contribution is 5.94. The Bertz CT molecular complexity index is 874. The molecule has 0 radical (unpaired) electrons. The predicted octanol–water partition coefficient (Wildman–Crippen LogP) is 3.58. The molecule has 1 aromatic carbocycles. The van der Waals surface area contributed by atoms with E-state index in [1.165, 1.54) is 0 Å². The van der Waals surface area contributed by atoms with Gasteiger partial charge in [0.2, 0.25) is 11.8 Å². The number of anilines is 1. The Morgan fingerprint density at radius 2 is 2.08 bits per heavy atom. The fourth-order valence-corrected chi connectivity index (χ4v) is 2.99. The van der Waals surface area contributed by atoms with E-state index in [-0.39, 0.29) is 5.91 Å². The van der Waals surface area contributed by atoms with Crippen LogP contribution in [-0.4, -0.2) is 29.3 Å². The van der Waals surface area contributed by atoms with E-state index < -0.39 is 5.41 Å². The monoisotopic (exact) mass is 325 g/mol. The summed E-state index contributed by atoms with van der Waals surface area (Å²) in [6.07, 6.45) is 3.32. The largest absolute Gasteiger partial charge is 0.381 e. The van der Waals surface area contributed by atoms with Crippen molar-refractivity contribution in [1.82, 2.24) is 10.1 Å². The van der Waals surface area contributed by atoms with Gasteiger partial charge in [-0.05, 0) is 30.4 Å². The lowest BCUT2D eigenvalue weighted by Gasteiger charge is -2.31. The van der Waals surface area contributed by atoms with Crippen LogP contribution < -0.4 is 5.32 Å². The van der Waals surface area contributed by atoms with Crippen LogP contribution in [0, 0.1) is 5.41 Å². The van der Waals surface area contributed by atoms with Crippen molar-refractivity contribution in [3.63, 3.8) is 0 Å². The van der Waals surface area contributed by atoms with Crippen LogP contribution in [0.4, 0.5) is 5.88 Å². The molecule has 1 aliphatic rings. The van der Waals surface area contributed by atoms with Crippen LogP contribution in [0.25, 0.3) is 22.2 Å². The first-order chi connectivity index (χ1) is 11.6. The fourth-order valence-electron chi connectivity index (χ4n) is 2.99. The number of hydrogen-bond donors (Lipinski definition) is 2. The average molecular weight is 325 g/mol. The Kier molecular flexibility index (Phi) is 3.61. The highest BCUT2D eigenvalue weighted by atomic mass is 16.5. The maximum atomic E-state index is 12.5. The molecule has 0 atom stereocenters. The lowest BCUT2D eigenvalue weighted by molar-refractivity contribution is -0.129. The molecule has 1 amide bonds. The zero-order valence-electron chi connectivity index (χ0n) is 13.5. The van der Waals surface area contributed by atoms with E-state index in [1.54, 1.807) is 6.07 Å². The Balaban J connectivity index is 1.53. The molecule has 0 aliphatic carbocycles. The van der Waals surface area contributed by atoms with E-state index in [0.29, 0.717) is 37.6 Å². The minimum atomic E-state index is -0.422. The summed E-state index contributed by atoms with van der Waals surface area (Å²) in [5.74, 6) is 0.322. The Morgan fingerprint density at radius 1 is 1.25 bits per heavy atom. The van der Waals surface area contributed by atoms with Gasteiger partial charge in [-0.15, -0.1) is 0 Å². The van der Waals surface area contributed by atoms with Crippen LogP contribution in [0.5, 0.6) is 0 Å². The quantitative estimate of drug-likeness (QED) is 0.771. The van der Waals surface area contributed by atoms with Crippen molar-refractivity contribution in [2.45, 2.75) is 19.8 Å². The van der Waals surface area contributed by atoms with Gasteiger partial charge >= 0.3 is 0 Å². The third-order valence-corrected chi connectivity index (χ3v) is 4.74. The third kappa shape index (κ3) is 2.69. The predicted molar refractivity (Wildman–Crippen MR) is 90.6 cm³/mol. The summed E-state index contributed by atoms with van der Waals surface area (Å²) >= 11 is 0. The van der Waals surface area contributed by atoms with E-state index in [1.807, 2.05) is 37.4 Å². The molecule has 1 aliphatic heterocycles. The number of benzene rings is 1. The number of carbonyl (C=O) groups excluding carboxylic acids is 1. The van der Waals surface area contributed by atoms with Crippen molar-refractivity contribution >= 4 is 22.7 Å². The molecule has 0 saturated carbocycles. The zero-order chi connectivity index (χ0) is 16.6. The van der Waals surface area contributed by atoms with Crippen LogP contribution >= 0.6 is 0 Å². The molecule has 1 saturated heterocycles. The molecule has 0 unspecified atom stereocenters. The van der Waals surface area contributed by atoms with Gasteiger partial charge < -0.3 is 14.2 Å². The van der Waals surface area contributed by atoms with E-state index in [4.69, 9.17) is 9.26 Å². The van der Waals surface area contributed by atoms with Gasteiger partial charge in [0.1, 0.15) is 5.69 Å². The van der Waals surface area contributed by atoms with Crippen molar-refractivity contribution in [2.24, 2.45) is 5.41 Å². The standard InChI is InChI=1S/C18H19N3O3/c1-18(5-8-23-9-6-18)17(22)20-16-11-15(21-24-16)13-3-2-12-4-7-19-14(12)10-13/h2-4,7,10-11,19H,5-6,8-9H2,1H3,(H,20,22). The summed E-state index contributed by atoms with van der Waals surface area (Å²) in [6, 6.07) is 9.79. The number of amides is 1. The summed E-state index contributed by atoms with van der Waals surface area (Å²) in [5, 5.41) is 8.06. The number of hydrogen-bond acceptors (Lipinski definition) is 4. The highest BCUT2D eigenvalue weighted by Crippen LogP contribution is 2.32. The summed E-state index contributed by atoms with van der Waals surface area (Å²) in [5.41, 5.74) is 2.25. The normalized spacial score (nSPS) is 17.0. The fraction of sp³-hybridized carbons (Fsp3) is 0.333. The highest BCUT2D eigenvalue weighted by Gasteiger charge is 2.35. The van der Waals surface area contributed by atoms with Crippen molar-refractivity contribution in [3.05, 3.63) is 36.5 Å². The van der Waals surface area contributed by atoms with Crippen LogP contribution in [0.1, 0.15) is 19.8 Å². The van der Waals surface area contributed by atoms with Crippen LogP contribution in [0.2, 0.25) is 0 Å². The summed E-state index contributed by atoms with van der Waals surface area (Å²) < 4.78 is 10.6. The van der Waals surface area contributed by atoms with Crippen molar-refractivity contribution in [3.8, 4) is 11.3 Å². The summed E-state index contributed by atoms with van der Waals surface area (Å²) in [7, 11) is 0. The number of carbonyl (C=O) groups is 1. The van der Waals surface area contributed by atoms with Gasteiger partial charge in [0, 0.05) is 36.6 Å². The van der Waals surface area contributed by atoms with Crippen molar-refractivity contribution in [2.75, 3.05) is 18.5 Å². The minimum Gasteiger partial charge on any atom is -0.381 e. The molecule has 6 nitrogen and oxygen atoms in total. The smallest absolute Gasteiger partial charge is 0.232 e. The molecule has 6 heteroatoms. The van der Waals surface area contributed by atoms with Gasteiger partial charge in [0.15, 0.2) is 0 Å². The number of nitrogens with zero attached hydrogens (tertiary/aromatic N) is 1. The topological polar surface area (TPSA) is 80.2 Å². The number of aromatic amines is 1. The summed E-state index contributed by atoms with van der Waals surface area (Å²) in [4.78, 5) is 15.7. The number of rotatable bonds is 3. The van der Waals surface area contributed by atoms with E-state index in [9.17, 15) is 4.79 Å². The SMILES string of the molecule is CC1(C(=O)Nc2cc(-c3ccc4cc[nH]c4c3)no2)CCOCC1. The number of fused-ring (bicyclic) bond motifs is 1. The zero-order valence-corrected chi connectivity index (χ0v) is 13.5.